The van der Waals surface area contributed by atoms with Crippen LogP contribution in [0.2, 0.25) is 0 Å². The van der Waals surface area contributed by atoms with E-state index in [1.54, 1.807) is 24.3 Å². The summed E-state index contributed by atoms with van der Waals surface area (Å²) in [6.45, 7) is 12.6. The first-order valence-corrected chi connectivity index (χ1v) is 5.13. The molecular weight excluding hydrogens is 200 g/mol. The molecular formula is C14H20O2. The van der Waals surface area contributed by atoms with E-state index in [0.29, 0.717) is 19.0 Å². The van der Waals surface area contributed by atoms with Crippen LogP contribution in [0.1, 0.15) is 13.8 Å². The molecule has 0 unspecified atom stereocenters. The molecule has 0 bridgehead atoms. The summed E-state index contributed by atoms with van der Waals surface area (Å²) in [5.74, 6) is 0.322. The average molecular weight is 220 g/mol. The second kappa shape index (κ2) is 8.74. The minimum absolute atomic E-state index is 0.322. The number of rotatable bonds is 4. The third-order valence-electron chi connectivity index (χ3n) is 1.45. The number of phenolic OH excluding ortho intramolecular Hbond substituents is 1. The molecule has 1 aromatic rings. The van der Waals surface area contributed by atoms with Crippen molar-refractivity contribution in [1.82, 2.24) is 0 Å². The smallest absolute Gasteiger partial charge is 0.115 e. The summed E-state index contributed by atoms with van der Waals surface area (Å²) in [4.78, 5) is 0. The van der Waals surface area contributed by atoms with Crippen LogP contribution in [-0.2, 0) is 4.74 Å². The second-order valence-electron chi connectivity index (χ2n) is 3.74. The molecule has 0 amide bonds. The molecule has 1 rings (SSSR count). The van der Waals surface area contributed by atoms with E-state index < -0.39 is 0 Å². The van der Waals surface area contributed by atoms with Crippen LogP contribution in [-0.4, -0.2) is 18.3 Å². The van der Waals surface area contributed by atoms with E-state index in [9.17, 15) is 0 Å². The maximum Gasteiger partial charge on any atom is 0.115 e. The Morgan fingerprint density at radius 3 is 1.75 bits per heavy atom. The molecule has 0 aliphatic carbocycles. The van der Waals surface area contributed by atoms with Gasteiger partial charge in [-0.15, -0.1) is 0 Å². The van der Waals surface area contributed by atoms with E-state index in [4.69, 9.17) is 9.84 Å². The fourth-order valence-electron chi connectivity index (χ4n) is 0.827. The second-order valence-corrected chi connectivity index (χ2v) is 3.74. The van der Waals surface area contributed by atoms with Gasteiger partial charge in [-0.25, -0.2) is 0 Å². The quantitative estimate of drug-likeness (QED) is 0.786. The molecule has 0 aromatic heterocycles. The Labute approximate surface area is 97.9 Å². The Bertz CT molecular complexity index is 301. The molecule has 2 nitrogen and oxygen atoms in total. The van der Waals surface area contributed by atoms with Crippen molar-refractivity contribution in [2.75, 3.05) is 13.2 Å². The van der Waals surface area contributed by atoms with Crippen LogP contribution in [0, 0.1) is 0 Å². The van der Waals surface area contributed by atoms with E-state index in [1.165, 1.54) is 0 Å². The third kappa shape index (κ3) is 10.5. The fourth-order valence-corrected chi connectivity index (χ4v) is 0.827. The molecule has 0 spiro atoms. The zero-order chi connectivity index (χ0) is 12.4. The van der Waals surface area contributed by atoms with Gasteiger partial charge in [-0.1, -0.05) is 42.5 Å². The highest BCUT2D eigenvalue weighted by atomic mass is 16.5. The molecule has 0 aliphatic rings. The summed E-state index contributed by atoms with van der Waals surface area (Å²) >= 11 is 0. The first-order chi connectivity index (χ1) is 7.52. The minimum atomic E-state index is 0.322. The largest absolute Gasteiger partial charge is 0.508 e. The fraction of sp³-hybridized carbons (Fsp3) is 0.286. The topological polar surface area (TPSA) is 29.5 Å². The molecule has 0 aliphatic heterocycles. The summed E-state index contributed by atoms with van der Waals surface area (Å²) < 4.78 is 5.16. The molecule has 0 radical (unpaired) electrons. The molecule has 0 saturated heterocycles. The van der Waals surface area contributed by atoms with E-state index in [2.05, 4.69) is 13.2 Å². The van der Waals surface area contributed by atoms with Gasteiger partial charge in [0.25, 0.3) is 0 Å². The number of hydrogen-bond donors (Lipinski definition) is 1. The van der Waals surface area contributed by atoms with Gasteiger partial charge >= 0.3 is 0 Å². The molecule has 0 saturated carbocycles. The van der Waals surface area contributed by atoms with E-state index in [-0.39, 0.29) is 0 Å². The van der Waals surface area contributed by atoms with Gasteiger partial charge in [0.05, 0.1) is 13.2 Å². The summed E-state index contributed by atoms with van der Waals surface area (Å²) in [5.41, 5.74) is 2.10. The van der Waals surface area contributed by atoms with Crippen LogP contribution in [0.3, 0.4) is 0 Å². The molecule has 2 heteroatoms. The van der Waals surface area contributed by atoms with Gasteiger partial charge in [0.2, 0.25) is 0 Å². The van der Waals surface area contributed by atoms with Gasteiger partial charge < -0.3 is 9.84 Å². The first kappa shape index (κ1) is 14.5. The van der Waals surface area contributed by atoms with Crippen LogP contribution < -0.4 is 0 Å². The number of hydrogen-bond acceptors (Lipinski definition) is 2. The van der Waals surface area contributed by atoms with Crippen LogP contribution >= 0.6 is 0 Å². The average Bonchev–Trinajstić information content (AvgIpc) is 2.18. The molecule has 88 valence electrons. The van der Waals surface area contributed by atoms with Crippen molar-refractivity contribution in [3.05, 3.63) is 54.6 Å². The lowest BCUT2D eigenvalue weighted by molar-refractivity contribution is 0.180. The monoisotopic (exact) mass is 220 g/mol. The molecule has 0 atom stereocenters. The Morgan fingerprint density at radius 1 is 1.06 bits per heavy atom. The Balaban J connectivity index is 0.000000288. The molecule has 16 heavy (non-hydrogen) atoms. The van der Waals surface area contributed by atoms with Crippen molar-refractivity contribution in [1.29, 1.82) is 0 Å². The summed E-state index contributed by atoms with van der Waals surface area (Å²) in [6.07, 6.45) is 0. The molecule has 0 fully saturated rings. The molecule has 1 N–H and O–H groups in total. The predicted octanol–water partition coefficient (Wildman–Crippen LogP) is 3.55. The molecule has 1 aromatic carbocycles. The van der Waals surface area contributed by atoms with E-state index >= 15 is 0 Å². The number of aromatic hydroxyl groups is 1. The Morgan fingerprint density at radius 2 is 1.50 bits per heavy atom. The summed E-state index contributed by atoms with van der Waals surface area (Å²) in [5, 5.41) is 8.63. The first-order valence-electron chi connectivity index (χ1n) is 5.13. The maximum atomic E-state index is 8.63. The Kier molecular flexibility index (Phi) is 7.90. The Hall–Kier alpha value is -1.54. The van der Waals surface area contributed by atoms with Gasteiger partial charge in [0.15, 0.2) is 0 Å². The van der Waals surface area contributed by atoms with Gasteiger partial charge in [0.1, 0.15) is 5.75 Å². The van der Waals surface area contributed by atoms with Crippen LogP contribution in [0.15, 0.2) is 54.6 Å². The van der Waals surface area contributed by atoms with Crippen LogP contribution in [0.4, 0.5) is 0 Å². The number of benzene rings is 1. The summed E-state index contributed by atoms with van der Waals surface area (Å²) in [6, 6.07) is 8.71. The lowest BCUT2D eigenvalue weighted by Crippen LogP contribution is -1.96. The number of ether oxygens (including phenoxy) is 1. The predicted molar refractivity (Wildman–Crippen MR) is 68.6 cm³/mol. The van der Waals surface area contributed by atoms with Crippen molar-refractivity contribution < 1.29 is 9.84 Å². The minimum Gasteiger partial charge on any atom is -0.508 e. The highest BCUT2D eigenvalue weighted by Crippen LogP contribution is 2.02. The van der Waals surface area contributed by atoms with Crippen LogP contribution in [0.25, 0.3) is 0 Å². The van der Waals surface area contributed by atoms with Crippen molar-refractivity contribution >= 4 is 0 Å². The van der Waals surface area contributed by atoms with Crippen molar-refractivity contribution in [3.8, 4) is 5.75 Å². The SMILES string of the molecule is C=C(C)COCC(=C)C.Oc1ccccc1. The van der Waals surface area contributed by atoms with Crippen LogP contribution in [0.5, 0.6) is 5.75 Å². The lowest BCUT2D eigenvalue weighted by Gasteiger charge is -2.00. The number of para-hydroxylation sites is 1. The normalized spacial score (nSPS) is 8.88. The third-order valence-corrected chi connectivity index (χ3v) is 1.45. The van der Waals surface area contributed by atoms with Crippen molar-refractivity contribution in [2.24, 2.45) is 0 Å². The highest BCUT2D eigenvalue weighted by Gasteiger charge is 1.86. The van der Waals surface area contributed by atoms with Gasteiger partial charge in [-0.05, 0) is 26.0 Å². The summed E-state index contributed by atoms with van der Waals surface area (Å²) in [7, 11) is 0. The van der Waals surface area contributed by atoms with Crippen molar-refractivity contribution in [3.63, 3.8) is 0 Å². The van der Waals surface area contributed by atoms with Gasteiger partial charge in [-0.2, -0.15) is 0 Å². The zero-order valence-electron chi connectivity index (χ0n) is 10.1. The zero-order valence-corrected chi connectivity index (χ0v) is 10.1. The van der Waals surface area contributed by atoms with Crippen molar-refractivity contribution in [2.45, 2.75) is 13.8 Å². The standard InChI is InChI=1S/C8H14O.C6H6O/c1-7(2)5-9-6-8(3)4;7-6-4-2-1-3-5-6/h1,3,5-6H2,2,4H3;1-5,7H. The van der Waals surface area contributed by atoms with E-state index in [1.807, 2.05) is 19.9 Å². The van der Waals surface area contributed by atoms with Gasteiger partial charge in [0, 0.05) is 0 Å². The molecule has 0 heterocycles. The number of phenols is 1. The highest BCUT2D eigenvalue weighted by molar-refractivity contribution is 5.18. The van der Waals surface area contributed by atoms with E-state index in [0.717, 1.165) is 11.1 Å². The maximum absolute atomic E-state index is 8.63. The van der Waals surface area contributed by atoms with Gasteiger partial charge in [-0.3, -0.25) is 0 Å². The lowest BCUT2D eigenvalue weighted by atomic mass is 10.3.